The van der Waals surface area contributed by atoms with E-state index >= 15 is 0 Å². The molecule has 1 rings (SSSR count). The Kier molecular flexibility index (Phi) is 5.92. The first-order valence-corrected chi connectivity index (χ1v) is 8.55. The summed E-state index contributed by atoms with van der Waals surface area (Å²) >= 11 is 3.16. The zero-order valence-electron chi connectivity index (χ0n) is 11.9. The van der Waals surface area contributed by atoms with Crippen molar-refractivity contribution in [2.45, 2.75) is 31.8 Å². The van der Waals surface area contributed by atoms with Gasteiger partial charge in [0, 0.05) is 11.0 Å². The molecule has 3 N–H and O–H groups in total. The molecule has 0 radical (unpaired) electrons. The SMILES string of the molecule is Cc1c(Br)cc(C(=O)O)cc1S(=O)(=O)NCC(O)C(C)C. The summed E-state index contributed by atoms with van der Waals surface area (Å²) in [5.74, 6) is -1.31. The van der Waals surface area contributed by atoms with Gasteiger partial charge < -0.3 is 10.2 Å². The highest BCUT2D eigenvalue weighted by Gasteiger charge is 2.22. The van der Waals surface area contributed by atoms with Gasteiger partial charge >= 0.3 is 5.97 Å². The number of hydrogen-bond acceptors (Lipinski definition) is 4. The van der Waals surface area contributed by atoms with Gasteiger partial charge in [-0.15, -0.1) is 0 Å². The van der Waals surface area contributed by atoms with Crippen LogP contribution in [0.3, 0.4) is 0 Å². The summed E-state index contributed by atoms with van der Waals surface area (Å²) in [6.45, 7) is 4.98. The van der Waals surface area contributed by atoms with Crippen molar-refractivity contribution in [1.82, 2.24) is 4.72 Å². The van der Waals surface area contributed by atoms with Crippen LogP contribution in [0, 0.1) is 12.8 Å². The van der Waals surface area contributed by atoms with Gasteiger partial charge in [0.1, 0.15) is 0 Å². The molecule has 8 heteroatoms. The summed E-state index contributed by atoms with van der Waals surface area (Å²) in [5, 5.41) is 18.7. The van der Waals surface area contributed by atoms with Gasteiger partial charge in [0.05, 0.1) is 16.6 Å². The average molecular weight is 380 g/mol. The van der Waals surface area contributed by atoms with Crippen LogP contribution in [-0.2, 0) is 10.0 Å². The van der Waals surface area contributed by atoms with Gasteiger partial charge in [-0.1, -0.05) is 29.8 Å². The van der Waals surface area contributed by atoms with E-state index in [-0.39, 0.29) is 22.9 Å². The molecule has 0 amide bonds. The Labute approximate surface area is 132 Å². The van der Waals surface area contributed by atoms with Crippen molar-refractivity contribution in [2.24, 2.45) is 5.92 Å². The number of nitrogens with one attached hydrogen (secondary N) is 1. The van der Waals surface area contributed by atoms with E-state index in [0.29, 0.717) is 10.0 Å². The fourth-order valence-corrected chi connectivity index (χ4v) is 3.50. The van der Waals surface area contributed by atoms with Crippen LogP contribution < -0.4 is 4.72 Å². The Morgan fingerprint density at radius 1 is 1.38 bits per heavy atom. The van der Waals surface area contributed by atoms with Crippen LogP contribution in [-0.4, -0.2) is 37.2 Å². The van der Waals surface area contributed by atoms with Gasteiger partial charge in [-0.25, -0.2) is 17.9 Å². The lowest BCUT2D eigenvalue weighted by molar-refractivity contribution is 0.0696. The first kappa shape index (κ1) is 18.1. The predicted molar refractivity (Wildman–Crippen MR) is 81.9 cm³/mol. The number of aliphatic hydroxyl groups excluding tert-OH is 1. The molecule has 1 atom stereocenters. The molecule has 0 aliphatic heterocycles. The second kappa shape index (κ2) is 6.87. The lowest BCUT2D eigenvalue weighted by atomic mass is 10.1. The summed E-state index contributed by atoms with van der Waals surface area (Å²) in [4.78, 5) is 10.9. The minimum absolute atomic E-state index is 0.0918. The van der Waals surface area contributed by atoms with Crippen molar-refractivity contribution in [1.29, 1.82) is 0 Å². The molecule has 0 heterocycles. The third kappa shape index (κ3) is 4.50. The summed E-state index contributed by atoms with van der Waals surface area (Å²) in [5.41, 5.74) is 0.281. The molecule has 0 bridgehead atoms. The number of halogens is 1. The Morgan fingerprint density at radius 2 is 1.95 bits per heavy atom. The second-order valence-electron chi connectivity index (χ2n) is 5.05. The molecule has 0 fully saturated rings. The minimum atomic E-state index is -3.90. The molecule has 6 nitrogen and oxygen atoms in total. The lowest BCUT2D eigenvalue weighted by Gasteiger charge is -2.16. The fourth-order valence-electron chi connectivity index (χ4n) is 1.56. The van der Waals surface area contributed by atoms with E-state index in [9.17, 15) is 18.3 Å². The molecule has 0 saturated heterocycles. The number of rotatable bonds is 6. The first-order chi connectivity index (χ1) is 9.56. The number of hydrogen-bond donors (Lipinski definition) is 3. The zero-order chi connectivity index (χ0) is 16.4. The summed E-state index contributed by atoms with van der Waals surface area (Å²) in [6, 6.07) is 2.45. The highest BCUT2D eigenvalue weighted by atomic mass is 79.9. The Balaban J connectivity index is 3.16. The van der Waals surface area contributed by atoms with Crippen LogP contribution in [0.15, 0.2) is 21.5 Å². The van der Waals surface area contributed by atoms with E-state index in [1.807, 2.05) is 0 Å². The Hall–Kier alpha value is -0.960. The molecule has 0 aromatic heterocycles. The van der Waals surface area contributed by atoms with Gasteiger partial charge in [-0.05, 0) is 30.5 Å². The second-order valence-corrected chi connectivity index (χ2v) is 7.64. The molecule has 0 aliphatic carbocycles. The maximum Gasteiger partial charge on any atom is 0.335 e. The minimum Gasteiger partial charge on any atom is -0.478 e. The molecule has 21 heavy (non-hydrogen) atoms. The quantitative estimate of drug-likeness (QED) is 0.698. The van der Waals surface area contributed by atoms with E-state index < -0.39 is 22.1 Å². The van der Waals surface area contributed by atoms with E-state index in [4.69, 9.17) is 5.11 Å². The number of carbonyl (C=O) groups is 1. The summed E-state index contributed by atoms with van der Waals surface area (Å²) in [7, 11) is -3.90. The molecule has 1 unspecified atom stereocenters. The third-order valence-corrected chi connectivity index (χ3v) is 5.46. The van der Waals surface area contributed by atoms with Crippen LogP contribution in [0.4, 0.5) is 0 Å². The van der Waals surface area contributed by atoms with Crippen molar-refractivity contribution in [2.75, 3.05) is 6.54 Å². The van der Waals surface area contributed by atoms with Crippen LogP contribution in [0.25, 0.3) is 0 Å². The standard InChI is InChI=1S/C13H18BrNO5S/c1-7(2)11(16)6-15-21(19,20)12-5-9(13(17)18)4-10(14)8(12)3/h4-5,7,11,15-16H,6H2,1-3H3,(H,17,18). The third-order valence-electron chi connectivity index (χ3n) is 3.09. The largest absolute Gasteiger partial charge is 0.478 e. The number of sulfonamides is 1. The van der Waals surface area contributed by atoms with E-state index in [1.165, 1.54) is 6.07 Å². The molecular weight excluding hydrogens is 362 g/mol. The normalized spacial score (nSPS) is 13.4. The molecule has 0 spiro atoms. The topological polar surface area (TPSA) is 104 Å². The van der Waals surface area contributed by atoms with Crippen molar-refractivity contribution < 1.29 is 23.4 Å². The number of carboxylic acid groups (broad SMARTS) is 1. The maximum absolute atomic E-state index is 12.3. The van der Waals surface area contributed by atoms with E-state index in [1.54, 1.807) is 20.8 Å². The summed E-state index contributed by atoms with van der Waals surface area (Å²) < 4.78 is 27.2. The van der Waals surface area contributed by atoms with Gasteiger partial charge in [0.2, 0.25) is 10.0 Å². The highest BCUT2D eigenvalue weighted by molar-refractivity contribution is 9.10. The van der Waals surface area contributed by atoms with Crippen LogP contribution in [0.1, 0.15) is 29.8 Å². The molecule has 1 aromatic rings. The van der Waals surface area contributed by atoms with Gasteiger partial charge in [0.25, 0.3) is 0 Å². The van der Waals surface area contributed by atoms with Crippen molar-refractivity contribution in [3.8, 4) is 0 Å². The number of benzene rings is 1. The molecule has 0 aliphatic rings. The summed E-state index contributed by atoms with van der Waals surface area (Å²) in [6.07, 6.45) is -0.814. The number of carboxylic acids is 1. The Bertz CT molecular complexity index is 642. The smallest absolute Gasteiger partial charge is 0.335 e. The zero-order valence-corrected chi connectivity index (χ0v) is 14.3. The van der Waals surface area contributed by atoms with Crippen LogP contribution >= 0.6 is 15.9 Å². The van der Waals surface area contributed by atoms with Crippen molar-refractivity contribution in [3.05, 3.63) is 27.7 Å². The molecular formula is C13H18BrNO5S. The molecule has 0 saturated carbocycles. The van der Waals surface area contributed by atoms with Crippen molar-refractivity contribution in [3.63, 3.8) is 0 Å². The predicted octanol–water partition coefficient (Wildman–Crippen LogP) is 1.75. The fraction of sp³-hybridized carbons (Fsp3) is 0.462. The van der Waals surface area contributed by atoms with Gasteiger partial charge in [0.15, 0.2) is 0 Å². The van der Waals surface area contributed by atoms with Gasteiger partial charge in [-0.3, -0.25) is 0 Å². The maximum atomic E-state index is 12.3. The lowest BCUT2D eigenvalue weighted by Crippen LogP contribution is -2.35. The monoisotopic (exact) mass is 379 g/mol. The van der Waals surface area contributed by atoms with Crippen LogP contribution in [0.5, 0.6) is 0 Å². The first-order valence-electron chi connectivity index (χ1n) is 6.27. The van der Waals surface area contributed by atoms with Crippen LogP contribution in [0.2, 0.25) is 0 Å². The number of aromatic carboxylic acids is 1. The molecule has 118 valence electrons. The van der Waals surface area contributed by atoms with Gasteiger partial charge in [-0.2, -0.15) is 0 Å². The van der Waals surface area contributed by atoms with E-state index in [0.717, 1.165) is 6.07 Å². The Morgan fingerprint density at radius 3 is 2.43 bits per heavy atom. The van der Waals surface area contributed by atoms with Crippen molar-refractivity contribution >= 4 is 31.9 Å². The highest BCUT2D eigenvalue weighted by Crippen LogP contribution is 2.25. The molecule has 1 aromatic carbocycles. The van der Waals surface area contributed by atoms with E-state index in [2.05, 4.69) is 20.7 Å². The number of aliphatic hydroxyl groups is 1. The average Bonchev–Trinajstić information content (AvgIpc) is 2.38.